The summed E-state index contributed by atoms with van der Waals surface area (Å²) in [6.45, 7) is 3.47. The molecule has 2 aromatic heterocycles. The Hall–Kier alpha value is -2.47. The Balaban J connectivity index is 1.52. The Labute approximate surface area is 203 Å². The molecule has 0 bridgehead atoms. The molecule has 1 aliphatic heterocycles. The van der Waals surface area contributed by atoms with E-state index in [1.165, 1.54) is 20.0 Å². The molecular formula is C20H32N9O5P. The summed E-state index contributed by atoms with van der Waals surface area (Å²) in [4.78, 5) is 15.5. The number of hydrogen-bond donors (Lipinski definition) is 2. The summed E-state index contributed by atoms with van der Waals surface area (Å²) < 4.78 is 38.3. The minimum absolute atomic E-state index is 0.00956. The van der Waals surface area contributed by atoms with Gasteiger partial charge in [-0.3, -0.25) is 13.6 Å². The zero-order chi connectivity index (χ0) is 25.0. The zero-order valence-corrected chi connectivity index (χ0v) is 21.0. The fourth-order valence-electron chi connectivity index (χ4n) is 4.52. The predicted octanol–water partition coefficient (Wildman–Crippen LogP) is 3.86. The van der Waals surface area contributed by atoms with E-state index in [-0.39, 0.29) is 24.5 Å². The van der Waals surface area contributed by atoms with Crippen LogP contribution in [0, 0.1) is 0 Å². The average molecular weight is 510 g/mol. The number of azide groups is 1. The van der Waals surface area contributed by atoms with Gasteiger partial charge in [-0.05, 0) is 25.3 Å². The number of aromatic nitrogens is 4. The second-order valence-electron chi connectivity index (χ2n) is 8.82. The van der Waals surface area contributed by atoms with Crippen LogP contribution in [0.25, 0.3) is 21.6 Å². The molecule has 2 unspecified atom stereocenters. The molecular weight excluding hydrogens is 477 g/mol. The summed E-state index contributed by atoms with van der Waals surface area (Å²) in [7, 11) is -2.15. The lowest BCUT2D eigenvalue weighted by molar-refractivity contribution is -0.132. The summed E-state index contributed by atoms with van der Waals surface area (Å²) in [5, 5.41) is 6.88. The third-order valence-electron chi connectivity index (χ3n) is 6.30. The van der Waals surface area contributed by atoms with Crippen molar-refractivity contribution in [3.8, 4) is 5.88 Å². The van der Waals surface area contributed by atoms with Crippen molar-refractivity contribution in [2.45, 2.75) is 82.9 Å². The molecule has 1 saturated carbocycles. The van der Waals surface area contributed by atoms with Gasteiger partial charge < -0.3 is 15.2 Å². The number of methoxy groups -OCH3 is 1. The molecule has 15 heteroatoms. The second-order valence-corrected chi connectivity index (χ2v) is 10.5. The van der Waals surface area contributed by atoms with Crippen molar-refractivity contribution in [3.05, 3.63) is 16.8 Å². The van der Waals surface area contributed by atoms with Crippen molar-refractivity contribution >= 4 is 24.9 Å². The number of fused-ring (bicyclic) bond motifs is 1. The van der Waals surface area contributed by atoms with Gasteiger partial charge in [-0.15, -0.1) is 0 Å². The number of nitrogen functional groups attached to an aromatic ring is 1. The number of ether oxygens (including phenoxy) is 2. The molecule has 1 saturated heterocycles. The number of rotatable bonds is 8. The molecule has 14 nitrogen and oxygen atoms in total. The number of nitrogens with two attached hydrogens (primary N) is 1. The van der Waals surface area contributed by atoms with Crippen LogP contribution in [0.3, 0.4) is 0 Å². The molecule has 3 heterocycles. The van der Waals surface area contributed by atoms with E-state index < -0.39 is 32.2 Å². The van der Waals surface area contributed by atoms with Gasteiger partial charge in [-0.1, -0.05) is 37.7 Å². The minimum Gasteiger partial charge on any atom is -0.479 e. The maximum absolute atomic E-state index is 13.5. The Morgan fingerprint density at radius 2 is 2.06 bits per heavy atom. The van der Waals surface area contributed by atoms with E-state index in [0.29, 0.717) is 11.2 Å². The van der Waals surface area contributed by atoms with E-state index in [1.807, 2.05) is 0 Å². The van der Waals surface area contributed by atoms with E-state index in [9.17, 15) is 4.57 Å². The van der Waals surface area contributed by atoms with E-state index in [4.69, 9.17) is 29.8 Å². The molecule has 2 aliphatic rings. The maximum Gasteiger partial charge on any atom is 0.406 e. The van der Waals surface area contributed by atoms with Crippen molar-refractivity contribution in [2.75, 3.05) is 19.5 Å². The van der Waals surface area contributed by atoms with Crippen molar-refractivity contribution in [2.24, 2.45) is 5.11 Å². The molecule has 35 heavy (non-hydrogen) atoms. The fourth-order valence-corrected chi connectivity index (χ4v) is 6.40. The van der Waals surface area contributed by atoms with E-state index in [0.717, 1.165) is 25.7 Å². The van der Waals surface area contributed by atoms with Gasteiger partial charge in [0.05, 0.1) is 26.1 Å². The predicted molar refractivity (Wildman–Crippen MR) is 128 cm³/mol. The van der Waals surface area contributed by atoms with Gasteiger partial charge in [0.25, 0.3) is 0 Å². The number of nitrogens with one attached hydrogen (secondary N) is 1. The minimum atomic E-state index is -3.62. The first-order valence-corrected chi connectivity index (χ1v) is 13.3. The second kappa shape index (κ2) is 11.1. The van der Waals surface area contributed by atoms with Crippen molar-refractivity contribution in [1.29, 1.82) is 0 Å². The van der Waals surface area contributed by atoms with Gasteiger partial charge in [0.2, 0.25) is 11.8 Å². The standard InChI is InChI=1S/C20H32N9O5P/c1-12(26-28-22)17-15(10-32-35(30,34-17)27-14-8-6-4-5-7-9-14)33-13(2)29-11-23-16-18(29)24-20(21)25-19(16)31-3/h11-15,17H,4-10H2,1-3H3,(H,27,30)(H2,21,24,25)/t12-,13?,15-,17+,35?/m1/s1. The molecule has 0 amide bonds. The van der Waals surface area contributed by atoms with E-state index in [1.54, 1.807) is 24.7 Å². The van der Waals surface area contributed by atoms with E-state index in [2.05, 4.69) is 30.1 Å². The Morgan fingerprint density at radius 1 is 1.31 bits per heavy atom. The van der Waals surface area contributed by atoms with Gasteiger partial charge in [-0.25, -0.2) is 14.6 Å². The first kappa shape index (κ1) is 25.6. The average Bonchev–Trinajstić information content (AvgIpc) is 3.09. The smallest absolute Gasteiger partial charge is 0.406 e. The highest BCUT2D eigenvalue weighted by molar-refractivity contribution is 7.51. The van der Waals surface area contributed by atoms with Crippen LogP contribution >= 0.6 is 7.75 Å². The number of anilines is 1. The maximum atomic E-state index is 13.5. The Morgan fingerprint density at radius 3 is 2.74 bits per heavy atom. The lowest BCUT2D eigenvalue weighted by atomic mass is 10.1. The van der Waals surface area contributed by atoms with Gasteiger partial charge >= 0.3 is 7.75 Å². The van der Waals surface area contributed by atoms with Gasteiger partial charge in [0.1, 0.15) is 18.4 Å². The Kier molecular flexibility index (Phi) is 8.10. The fraction of sp³-hybridized carbons (Fsp3) is 0.750. The first-order valence-electron chi connectivity index (χ1n) is 11.8. The highest BCUT2D eigenvalue weighted by Gasteiger charge is 2.44. The third-order valence-corrected chi connectivity index (χ3v) is 8.00. The molecule has 5 atom stereocenters. The zero-order valence-electron chi connectivity index (χ0n) is 20.1. The Bertz CT molecular complexity index is 1120. The van der Waals surface area contributed by atoms with Crippen LogP contribution in [0.5, 0.6) is 5.88 Å². The van der Waals surface area contributed by atoms with Crippen LogP contribution in [0.1, 0.15) is 58.6 Å². The summed E-state index contributed by atoms with van der Waals surface area (Å²) in [6.07, 6.45) is 5.76. The van der Waals surface area contributed by atoms with Crippen molar-refractivity contribution in [1.82, 2.24) is 24.6 Å². The molecule has 2 fully saturated rings. The number of hydrogen-bond acceptors (Lipinski definition) is 10. The quantitative estimate of drug-likeness (QED) is 0.174. The lowest BCUT2D eigenvalue weighted by Crippen LogP contribution is -2.47. The van der Waals surface area contributed by atoms with Crippen LogP contribution in [0.2, 0.25) is 0 Å². The largest absolute Gasteiger partial charge is 0.479 e. The van der Waals surface area contributed by atoms with E-state index >= 15 is 0 Å². The van der Waals surface area contributed by atoms with Crippen molar-refractivity contribution in [3.63, 3.8) is 0 Å². The van der Waals surface area contributed by atoms with Gasteiger partial charge in [0.15, 0.2) is 11.2 Å². The SMILES string of the molecule is COc1nc(N)nc2c1ncn2C(C)O[C@@H]1COP(=O)(NC2CCCCCC2)O[C@H]1[C@@H](C)N=[N+]=[N-]. The number of imidazole rings is 1. The van der Waals surface area contributed by atoms with Crippen LogP contribution in [0.15, 0.2) is 11.4 Å². The topological polar surface area (TPSA) is 184 Å². The van der Waals surface area contributed by atoms with Gasteiger partial charge in [-0.2, -0.15) is 9.97 Å². The molecule has 0 spiro atoms. The molecule has 2 aromatic rings. The first-order chi connectivity index (χ1) is 16.8. The van der Waals surface area contributed by atoms with Crippen LogP contribution in [0.4, 0.5) is 5.95 Å². The summed E-state index contributed by atoms with van der Waals surface area (Å²) in [6, 6.07) is -0.601. The summed E-state index contributed by atoms with van der Waals surface area (Å²) >= 11 is 0. The molecule has 0 aromatic carbocycles. The van der Waals surface area contributed by atoms with Crippen LogP contribution in [-0.4, -0.2) is 57.5 Å². The normalized spacial score (nSPS) is 27.6. The van der Waals surface area contributed by atoms with Crippen molar-refractivity contribution < 1.29 is 23.1 Å². The monoisotopic (exact) mass is 509 g/mol. The molecule has 4 rings (SSSR count). The molecule has 3 N–H and O–H groups in total. The summed E-state index contributed by atoms with van der Waals surface area (Å²) in [5.41, 5.74) is 15.7. The van der Waals surface area contributed by atoms with Gasteiger partial charge in [0, 0.05) is 11.0 Å². The highest BCUT2D eigenvalue weighted by Crippen LogP contribution is 2.51. The lowest BCUT2D eigenvalue weighted by Gasteiger charge is -2.39. The number of nitrogens with zero attached hydrogens (tertiary/aromatic N) is 7. The third kappa shape index (κ3) is 5.85. The van der Waals surface area contributed by atoms with Crippen LogP contribution < -0.4 is 15.6 Å². The molecule has 0 radical (unpaired) electrons. The highest BCUT2D eigenvalue weighted by atomic mass is 31.2. The molecule has 192 valence electrons. The molecule has 1 aliphatic carbocycles. The van der Waals surface area contributed by atoms with Crippen LogP contribution in [-0.2, 0) is 18.3 Å². The summed E-state index contributed by atoms with van der Waals surface area (Å²) in [5.74, 6) is 0.288.